The molecule has 1 aliphatic heterocycles. The van der Waals surface area contributed by atoms with Crippen LogP contribution in [0, 0.1) is 12.3 Å². The highest BCUT2D eigenvalue weighted by Gasteiger charge is 2.21. The number of piperazine rings is 1. The number of hydrogen-bond acceptors (Lipinski definition) is 2. The lowest BCUT2D eigenvalue weighted by molar-refractivity contribution is 0.0652. The Morgan fingerprint density at radius 2 is 2.05 bits per heavy atom. The van der Waals surface area contributed by atoms with Gasteiger partial charge in [-0.25, -0.2) is 0 Å². The zero-order valence-electron chi connectivity index (χ0n) is 11.3. The second kappa shape index (κ2) is 5.40. The van der Waals surface area contributed by atoms with Crippen LogP contribution in [0.4, 0.5) is 0 Å². The third kappa shape index (κ3) is 2.40. The summed E-state index contributed by atoms with van der Waals surface area (Å²) in [6.45, 7) is 3.84. The Morgan fingerprint density at radius 1 is 1.25 bits per heavy atom. The molecule has 1 aliphatic rings. The molecule has 1 N–H and O–H groups in total. The Labute approximate surface area is 118 Å². The van der Waals surface area contributed by atoms with E-state index in [1.165, 1.54) is 0 Å². The van der Waals surface area contributed by atoms with Crippen LogP contribution in [-0.4, -0.2) is 53.4 Å². The predicted octanol–water partition coefficient (Wildman–Crippen LogP) is 1.56. The van der Waals surface area contributed by atoms with E-state index in [0.29, 0.717) is 6.54 Å². The smallest absolute Gasteiger partial charge is 0.254 e. The van der Waals surface area contributed by atoms with Crippen molar-refractivity contribution in [1.82, 2.24) is 14.8 Å². The number of terminal acetylenes is 1. The molecule has 102 valence electrons. The van der Waals surface area contributed by atoms with Gasteiger partial charge in [-0.05, 0) is 23.6 Å². The van der Waals surface area contributed by atoms with Gasteiger partial charge in [0.15, 0.2) is 0 Å². The van der Waals surface area contributed by atoms with Crippen LogP contribution >= 0.6 is 0 Å². The Bertz CT molecular complexity index is 660. The van der Waals surface area contributed by atoms with Crippen molar-refractivity contribution < 1.29 is 4.79 Å². The summed E-state index contributed by atoms with van der Waals surface area (Å²) in [5.41, 5.74) is 1.74. The maximum Gasteiger partial charge on any atom is 0.254 e. The maximum atomic E-state index is 12.5. The molecule has 1 fully saturated rings. The molecule has 0 saturated carbocycles. The number of H-pyrrole nitrogens is 1. The average Bonchev–Trinajstić information content (AvgIpc) is 2.95. The first kappa shape index (κ1) is 12.8. The van der Waals surface area contributed by atoms with Crippen LogP contribution in [0.15, 0.2) is 30.5 Å². The number of carbonyl (C=O) groups excluding carboxylic acids is 1. The van der Waals surface area contributed by atoms with E-state index < -0.39 is 0 Å². The molecular weight excluding hydrogens is 250 g/mol. The molecule has 0 spiro atoms. The molecule has 2 aromatic rings. The summed E-state index contributed by atoms with van der Waals surface area (Å²) in [5.74, 6) is 2.75. The third-order valence-corrected chi connectivity index (χ3v) is 3.78. The minimum atomic E-state index is 0.0989. The Kier molecular flexibility index (Phi) is 3.44. The average molecular weight is 267 g/mol. The van der Waals surface area contributed by atoms with Gasteiger partial charge in [0.25, 0.3) is 5.91 Å². The molecule has 0 atom stereocenters. The molecule has 3 rings (SSSR count). The maximum absolute atomic E-state index is 12.5. The largest absolute Gasteiger partial charge is 0.361 e. The first-order chi connectivity index (χ1) is 9.78. The molecule has 1 saturated heterocycles. The van der Waals surface area contributed by atoms with Gasteiger partial charge >= 0.3 is 0 Å². The molecular formula is C16H17N3O. The van der Waals surface area contributed by atoms with Gasteiger partial charge < -0.3 is 9.88 Å². The lowest BCUT2D eigenvalue weighted by Crippen LogP contribution is -2.48. The highest BCUT2D eigenvalue weighted by Crippen LogP contribution is 2.16. The number of aromatic nitrogens is 1. The molecule has 1 aromatic carbocycles. The van der Waals surface area contributed by atoms with Crippen LogP contribution in [0.25, 0.3) is 10.9 Å². The second-order valence-electron chi connectivity index (χ2n) is 5.05. The van der Waals surface area contributed by atoms with Crippen molar-refractivity contribution in [2.45, 2.75) is 0 Å². The van der Waals surface area contributed by atoms with Crippen LogP contribution in [0.1, 0.15) is 10.4 Å². The van der Waals surface area contributed by atoms with Gasteiger partial charge in [-0.2, -0.15) is 0 Å². The number of aromatic amines is 1. The van der Waals surface area contributed by atoms with Gasteiger partial charge in [0, 0.05) is 43.5 Å². The summed E-state index contributed by atoms with van der Waals surface area (Å²) in [7, 11) is 0. The number of fused-ring (bicyclic) bond motifs is 1. The Balaban J connectivity index is 1.71. The summed E-state index contributed by atoms with van der Waals surface area (Å²) in [5, 5.41) is 1.13. The zero-order valence-corrected chi connectivity index (χ0v) is 11.3. The van der Waals surface area contributed by atoms with Crippen LogP contribution in [0.2, 0.25) is 0 Å². The van der Waals surface area contributed by atoms with Crippen molar-refractivity contribution in [1.29, 1.82) is 0 Å². The fourth-order valence-electron chi connectivity index (χ4n) is 2.60. The lowest BCUT2D eigenvalue weighted by Gasteiger charge is -2.33. The Hall–Kier alpha value is -2.25. The van der Waals surface area contributed by atoms with E-state index in [0.717, 1.165) is 42.6 Å². The number of benzene rings is 1. The molecule has 0 bridgehead atoms. The fraction of sp³-hybridized carbons (Fsp3) is 0.312. The molecule has 4 nitrogen and oxygen atoms in total. The summed E-state index contributed by atoms with van der Waals surface area (Å²) >= 11 is 0. The summed E-state index contributed by atoms with van der Waals surface area (Å²) < 4.78 is 0. The van der Waals surface area contributed by atoms with E-state index in [9.17, 15) is 4.79 Å². The van der Waals surface area contributed by atoms with E-state index in [2.05, 4.69) is 15.8 Å². The monoisotopic (exact) mass is 267 g/mol. The molecule has 1 amide bonds. The minimum Gasteiger partial charge on any atom is -0.361 e. The fourth-order valence-corrected chi connectivity index (χ4v) is 2.60. The third-order valence-electron chi connectivity index (χ3n) is 3.78. The number of nitrogens with zero attached hydrogens (tertiary/aromatic N) is 2. The molecule has 0 unspecified atom stereocenters. The minimum absolute atomic E-state index is 0.0989. The highest BCUT2D eigenvalue weighted by molar-refractivity contribution is 5.98. The molecule has 4 heteroatoms. The first-order valence-corrected chi connectivity index (χ1v) is 6.80. The summed E-state index contributed by atoms with van der Waals surface area (Å²) in [4.78, 5) is 19.7. The highest BCUT2D eigenvalue weighted by atomic mass is 16.2. The van der Waals surface area contributed by atoms with Gasteiger partial charge in [-0.15, -0.1) is 6.42 Å². The predicted molar refractivity (Wildman–Crippen MR) is 79.5 cm³/mol. The number of amides is 1. The van der Waals surface area contributed by atoms with E-state index in [1.54, 1.807) is 0 Å². The van der Waals surface area contributed by atoms with Crippen molar-refractivity contribution in [2.24, 2.45) is 0 Å². The van der Waals surface area contributed by atoms with Gasteiger partial charge in [0.1, 0.15) is 0 Å². The molecule has 1 aromatic heterocycles. The van der Waals surface area contributed by atoms with Crippen LogP contribution in [0.3, 0.4) is 0 Å². The van der Waals surface area contributed by atoms with Crippen molar-refractivity contribution in [3.8, 4) is 12.3 Å². The summed E-state index contributed by atoms with van der Waals surface area (Å²) in [6, 6.07) is 7.80. The number of rotatable bonds is 2. The lowest BCUT2D eigenvalue weighted by atomic mass is 10.1. The van der Waals surface area contributed by atoms with Crippen molar-refractivity contribution in [3.05, 3.63) is 36.0 Å². The SMILES string of the molecule is C#CCN1CCN(C(=O)c2ccc3cc[nH]c3c2)CC1. The quantitative estimate of drug-likeness (QED) is 0.839. The van der Waals surface area contributed by atoms with E-state index in [4.69, 9.17) is 6.42 Å². The van der Waals surface area contributed by atoms with Gasteiger partial charge in [-0.1, -0.05) is 12.0 Å². The van der Waals surface area contributed by atoms with Crippen LogP contribution in [-0.2, 0) is 0 Å². The normalized spacial score (nSPS) is 16.2. The van der Waals surface area contributed by atoms with Crippen LogP contribution < -0.4 is 0 Å². The van der Waals surface area contributed by atoms with Crippen molar-refractivity contribution in [3.63, 3.8) is 0 Å². The van der Waals surface area contributed by atoms with E-state index >= 15 is 0 Å². The van der Waals surface area contributed by atoms with E-state index in [1.807, 2.05) is 35.4 Å². The van der Waals surface area contributed by atoms with Crippen molar-refractivity contribution >= 4 is 16.8 Å². The number of carbonyl (C=O) groups is 1. The molecule has 0 aliphatic carbocycles. The standard InChI is InChI=1S/C16H17N3O/c1-2-7-18-8-10-19(11-9-18)16(20)14-4-3-13-5-6-17-15(13)12-14/h1,3-6,12,17H,7-11H2. The van der Waals surface area contributed by atoms with Gasteiger partial charge in [-0.3, -0.25) is 9.69 Å². The van der Waals surface area contributed by atoms with Crippen molar-refractivity contribution in [2.75, 3.05) is 32.7 Å². The van der Waals surface area contributed by atoms with E-state index in [-0.39, 0.29) is 5.91 Å². The van der Waals surface area contributed by atoms with Crippen LogP contribution in [0.5, 0.6) is 0 Å². The Morgan fingerprint density at radius 3 is 2.80 bits per heavy atom. The van der Waals surface area contributed by atoms with Gasteiger partial charge in [0.2, 0.25) is 0 Å². The number of hydrogen-bond donors (Lipinski definition) is 1. The summed E-state index contributed by atoms with van der Waals surface area (Å²) in [6.07, 6.45) is 7.20. The molecule has 0 radical (unpaired) electrons. The molecule has 20 heavy (non-hydrogen) atoms. The topological polar surface area (TPSA) is 39.3 Å². The first-order valence-electron chi connectivity index (χ1n) is 6.80. The zero-order chi connectivity index (χ0) is 13.9. The second-order valence-corrected chi connectivity index (χ2v) is 5.05. The molecule has 2 heterocycles. The van der Waals surface area contributed by atoms with Gasteiger partial charge in [0.05, 0.1) is 6.54 Å². The number of nitrogens with one attached hydrogen (secondary N) is 1.